The molecule has 0 aliphatic rings. The molecule has 0 unspecified atom stereocenters. The molecule has 0 aliphatic carbocycles. The summed E-state index contributed by atoms with van der Waals surface area (Å²) in [6.45, 7) is 0. The molecule has 0 aliphatic heterocycles. The Kier molecular flexibility index (Phi) is 1.43. The van der Waals surface area contributed by atoms with E-state index in [2.05, 4.69) is 20.9 Å². The lowest BCUT2D eigenvalue weighted by atomic mass is 10.8. The summed E-state index contributed by atoms with van der Waals surface area (Å²) in [4.78, 5) is 3.86. The Balaban J connectivity index is 3.08. The van der Waals surface area contributed by atoms with Gasteiger partial charge in [-0.2, -0.15) is 0 Å². The van der Waals surface area contributed by atoms with Crippen molar-refractivity contribution in [2.24, 2.45) is 0 Å². The lowest BCUT2D eigenvalue weighted by molar-refractivity contribution is -0.640. The Hall–Kier alpha value is -0.640. The minimum atomic E-state index is 0.738. The summed E-state index contributed by atoms with van der Waals surface area (Å²) in [6.07, 6.45) is 4.94. The molecule has 0 saturated carbocycles. The van der Waals surface area contributed by atoms with Gasteiger partial charge in [0.15, 0.2) is 4.60 Å². The Morgan fingerprint density at radius 2 is 2.50 bits per heavy atom. The summed E-state index contributed by atoms with van der Waals surface area (Å²) < 4.78 is 2.17. The third-order valence-electron chi connectivity index (χ3n) is 0.692. The standard InChI is InChI=1S/C4H5BrN3/c5-4-3-8(6)2-1-7-4/h1-3H,(H2,6,7)/q+1. The molecule has 0 amide bonds. The quantitative estimate of drug-likeness (QED) is 0.440. The molecule has 1 heterocycles. The summed E-state index contributed by atoms with van der Waals surface area (Å²) in [7, 11) is 0. The zero-order chi connectivity index (χ0) is 5.98. The molecule has 3 nitrogen and oxygen atoms in total. The Morgan fingerprint density at radius 3 is 2.88 bits per heavy atom. The van der Waals surface area contributed by atoms with Crippen LogP contribution in [0.2, 0.25) is 0 Å². The average Bonchev–Trinajstić information content (AvgIpc) is 1.64. The van der Waals surface area contributed by atoms with Crippen LogP contribution < -0.4 is 10.5 Å². The molecule has 0 fully saturated rings. The number of hydrogen-bond acceptors (Lipinski definition) is 2. The highest BCUT2D eigenvalue weighted by molar-refractivity contribution is 9.10. The van der Waals surface area contributed by atoms with E-state index in [0.717, 1.165) is 4.60 Å². The molecule has 1 aromatic rings. The SMILES string of the molecule is N[n+]1ccnc(Br)c1. The van der Waals surface area contributed by atoms with E-state index in [1.165, 1.54) is 4.68 Å². The van der Waals surface area contributed by atoms with E-state index in [9.17, 15) is 0 Å². The third kappa shape index (κ3) is 1.16. The van der Waals surface area contributed by atoms with E-state index < -0.39 is 0 Å². The van der Waals surface area contributed by atoms with Gasteiger partial charge >= 0.3 is 0 Å². The van der Waals surface area contributed by atoms with Gasteiger partial charge in [-0.15, -0.1) is 0 Å². The van der Waals surface area contributed by atoms with Gasteiger partial charge in [-0.3, -0.25) is 0 Å². The molecule has 0 saturated heterocycles. The van der Waals surface area contributed by atoms with Gasteiger partial charge in [0.2, 0.25) is 12.4 Å². The predicted octanol–water partition coefficient (Wildman–Crippen LogP) is -0.155. The van der Waals surface area contributed by atoms with Gasteiger partial charge in [0.05, 0.1) is 6.20 Å². The number of halogens is 1. The molecule has 8 heavy (non-hydrogen) atoms. The molecule has 0 bridgehead atoms. The zero-order valence-electron chi connectivity index (χ0n) is 4.08. The van der Waals surface area contributed by atoms with Crippen molar-refractivity contribution in [1.82, 2.24) is 4.98 Å². The summed E-state index contributed by atoms with van der Waals surface area (Å²) in [5, 5.41) is 0. The van der Waals surface area contributed by atoms with Crippen molar-refractivity contribution < 1.29 is 4.68 Å². The molecule has 0 atom stereocenters. The first kappa shape index (κ1) is 5.50. The van der Waals surface area contributed by atoms with Crippen molar-refractivity contribution in [3.8, 4) is 0 Å². The lowest BCUT2D eigenvalue weighted by Crippen LogP contribution is -2.43. The summed E-state index contributed by atoms with van der Waals surface area (Å²) >= 11 is 3.15. The normalized spacial score (nSPS) is 9.12. The molecule has 1 rings (SSSR count). The molecular formula is C4H5BrN3+. The summed E-state index contributed by atoms with van der Waals surface area (Å²) in [5.41, 5.74) is 0. The van der Waals surface area contributed by atoms with Gasteiger partial charge in [-0.25, -0.2) is 10.8 Å². The van der Waals surface area contributed by atoms with Crippen LogP contribution in [0.1, 0.15) is 0 Å². The van der Waals surface area contributed by atoms with Crippen molar-refractivity contribution in [2.45, 2.75) is 0 Å². The summed E-state index contributed by atoms with van der Waals surface area (Å²) in [5.74, 6) is 5.31. The second-order valence-corrected chi connectivity index (χ2v) is 2.14. The highest BCUT2D eigenvalue weighted by Crippen LogP contribution is 1.96. The molecule has 0 radical (unpaired) electrons. The largest absolute Gasteiger partial charge is 0.237 e. The van der Waals surface area contributed by atoms with Crippen molar-refractivity contribution in [1.29, 1.82) is 0 Å². The fourth-order valence-electron chi connectivity index (χ4n) is 0.381. The highest BCUT2D eigenvalue weighted by atomic mass is 79.9. The summed E-state index contributed by atoms with van der Waals surface area (Å²) in [6, 6.07) is 0. The molecular weight excluding hydrogens is 170 g/mol. The maximum Gasteiger partial charge on any atom is 0.231 e. The molecule has 42 valence electrons. The van der Waals surface area contributed by atoms with Crippen molar-refractivity contribution in [2.75, 3.05) is 5.84 Å². The van der Waals surface area contributed by atoms with Crippen LogP contribution in [-0.2, 0) is 0 Å². The minimum Gasteiger partial charge on any atom is -0.237 e. The van der Waals surface area contributed by atoms with E-state index in [1.807, 2.05) is 0 Å². The van der Waals surface area contributed by atoms with Crippen LogP contribution in [0.3, 0.4) is 0 Å². The Bertz CT molecular complexity index is 171. The number of aromatic nitrogens is 2. The maximum absolute atomic E-state index is 5.31. The minimum absolute atomic E-state index is 0.738. The predicted molar refractivity (Wildman–Crippen MR) is 32.3 cm³/mol. The third-order valence-corrected chi connectivity index (χ3v) is 1.10. The van der Waals surface area contributed by atoms with E-state index in [4.69, 9.17) is 5.84 Å². The van der Waals surface area contributed by atoms with E-state index in [-0.39, 0.29) is 0 Å². The smallest absolute Gasteiger partial charge is 0.231 e. The second-order valence-electron chi connectivity index (χ2n) is 1.33. The van der Waals surface area contributed by atoms with Gasteiger partial charge in [0, 0.05) is 0 Å². The van der Waals surface area contributed by atoms with Crippen LogP contribution >= 0.6 is 15.9 Å². The van der Waals surface area contributed by atoms with Crippen LogP contribution in [-0.4, -0.2) is 4.98 Å². The number of nitrogen functional groups attached to an aromatic ring is 1. The van der Waals surface area contributed by atoms with Gasteiger partial charge in [-0.1, -0.05) is 4.68 Å². The van der Waals surface area contributed by atoms with Crippen LogP contribution in [0, 0.1) is 0 Å². The number of rotatable bonds is 0. The first-order valence-corrected chi connectivity index (χ1v) is 2.86. The zero-order valence-corrected chi connectivity index (χ0v) is 5.67. The molecule has 0 spiro atoms. The van der Waals surface area contributed by atoms with Crippen molar-refractivity contribution >= 4 is 15.9 Å². The molecule has 4 heteroatoms. The first-order valence-electron chi connectivity index (χ1n) is 2.07. The highest BCUT2D eigenvalue weighted by Gasteiger charge is 1.92. The van der Waals surface area contributed by atoms with Crippen LogP contribution in [0.15, 0.2) is 23.2 Å². The first-order chi connectivity index (χ1) is 3.79. The fraction of sp³-hybridized carbons (Fsp3) is 0. The number of nitrogens with two attached hydrogens (primary N) is 1. The van der Waals surface area contributed by atoms with E-state index in [1.54, 1.807) is 18.6 Å². The number of nitrogens with zero attached hydrogens (tertiary/aromatic N) is 2. The van der Waals surface area contributed by atoms with Gasteiger partial charge in [-0.05, 0) is 15.9 Å². The van der Waals surface area contributed by atoms with Crippen molar-refractivity contribution in [3.63, 3.8) is 0 Å². The van der Waals surface area contributed by atoms with Crippen LogP contribution in [0.25, 0.3) is 0 Å². The average molecular weight is 175 g/mol. The number of hydrogen-bond donors (Lipinski definition) is 1. The maximum atomic E-state index is 5.31. The monoisotopic (exact) mass is 174 g/mol. The molecule has 1 aromatic heterocycles. The van der Waals surface area contributed by atoms with E-state index in [0.29, 0.717) is 0 Å². The lowest BCUT2D eigenvalue weighted by Gasteiger charge is -1.82. The Morgan fingerprint density at radius 1 is 1.75 bits per heavy atom. The second kappa shape index (κ2) is 2.09. The molecule has 2 N–H and O–H groups in total. The Labute approximate surface area is 55.3 Å². The van der Waals surface area contributed by atoms with Crippen LogP contribution in [0.5, 0.6) is 0 Å². The van der Waals surface area contributed by atoms with Gasteiger partial charge in [0.1, 0.15) is 0 Å². The fourth-order valence-corrected chi connectivity index (χ4v) is 0.736. The molecule has 0 aromatic carbocycles. The van der Waals surface area contributed by atoms with E-state index >= 15 is 0 Å². The van der Waals surface area contributed by atoms with Gasteiger partial charge < -0.3 is 0 Å². The van der Waals surface area contributed by atoms with Crippen LogP contribution in [0.4, 0.5) is 0 Å². The van der Waals surface area contributed by atoms with Crippen molar-refractivity contribution in [3.05, 3.63) is 23.2 Å². The van der Waals surface area contributed by atoms with Gasteiger partial charge in [0.25, 0.3) is 0 Å². The topological polar surface area (TPSA) is 42.8 Å².